The number of hydrogen-bond acceptors (Lipinski definition) is 3. The zero-order chi connectivity index (χ0) is 15.8. The molecule has 1 atom stereocenters. The first kappa shape index (κ1) is 16.2. The highest BCUT2D eigenvalue weighted by Crippen LogP contribution is 2.38. The standard InChI is InChI=1S/C13H15ClFNO4S/c1-2-13(12(17)18)6-3-7-16(13)21(19,20)11-5-4-9(15)8-10(11)14/h4-5,8H,2-3,6-7H2,1H3,(H,17,18). The highest BCUT2D eigenvalue weighted by atomic mass is 35.5. The topological polar surface area (TPSA) is 74.7 Å². The van der Waals surface area contributed by atoms with Crippen molar-refractivity contribution in [3.05, 3.63) is 29.0 Å². The first-order valence-electron chi connectivity index (χ1n) is 6.47. The van der Waals surface area contributed by atoms with Crippen molar-refractivity contribution in [1.29, 1.82) is 0 Å². The van der Waals surface area contributed by atoms with Crippen molar-refractivity contribution in [2.75, 3.05) is 6.54 Å². The van der Waals surface area contributed by atoms with Gasteiger partial charge in [-0.1, -0.05) is 18.5 Å². The predicted octanol–water partition coefficient (Wildman–Crippen LogP) is 2.50. The fourth-order valence-electron chi connectivity index (χ4n) is 2.73. The molecule has 1 aromatic rings. The molecular formula is C13H15ClFNO4S. The number of sulfonamides is 1. The molecule has 2 rings (SSSR count). The Morgan fingerprint density at radius 1 is 1.52 bits per heavy atom. The third-order valence-electron chi connectivity index (χ3n) is 3.87. The molecule has 1 N–H and O–H groups in total. The minimum absolute atomic E-state index is 0.107. The highest BCUT2D eigenvalue weighted by Gasteiger charge is 2.52. The van der Waals surface area contributed by atoms with Gasteiger partial charge in [0.05, 0.1) is 5.02 Å². The van der Waals surface area contributed by atoms with Crippen LogP contribution < -0.4 is 0 Å². The van der Waals surface area contributed by atoms with E-state index in [0.717, 1.165) is 22.5 Å². The van der Waals surface area contributed by atoms with E-state index in [4.69, 9.17) is 11.6 Å². The number of nitrogens with zero attached hydrogens (tertiary/aromatic N) is 1. The van der Waals surface area contributed by atoms with Crippen molar-refractivity contribution in [3.63, 3.8) is 0 Å². The Hall–Kier alpha value is -1.18. The Morgan fingerprint density at radius 3 is 2.71 bits per heavy atom. The average molecular weight is 336 g/mol. The molecule has 1 aromatic carbocycles. The van der Waals surface area contributed by atoms with Gasteiger partial charge in [0, 0.05) is 6.54 Å². The largest absolute Gasteiger partial charge is 0.480 e. The smallest absolute Gasteiger partial charge is 0.325 e. The summed E-state index contributed by atoms with van der Waals surface area (Å²) in [4.78, 5) is 11.3. The van der Waals surface area contributed by atoms with E-state index in [1.807, 2.05) is 0 Å². The minimum atomic E-state index is -4.10. The number of halogens is 2. The molecule has 116 valence electrons. The summed E-state index contributed by atoms with van der Waals surface area (Å²) in [6.45, 7) is 1.74. The van der Waals surface area contributed by atoms with E-state index in [0.29, 0.717) is 6.42 Å². The number of benzene rings is 1. The summed E-state index contributed by atoms with van der Waals surface area (Å²) < 4.78 is 39.4. The molecule has 8 heteroatoms. The quantitative estimate of drug-likeness (QED) is 0.917. The maximum Gasteiger partial charge on any atom is 0.325 e. The van der Waals surface area contributed by atoms with Crippen molar-refractivity contribution >= 4 is 27.6 Å². The molecular weight excluding hydrogens is 321 g/mol. The van der Waals surface area contributed by atoms with Gasteiger partial charge < -0.3 is 5.11 Å². The van der Waals surface area contributed by atoms with Crippen molar-refractivity contribution in [2.24, 2.45) is 0 Å². The van der Waals surface area contributed by atoms with Crippen LogP contribution >= 0.6 is 11.6 Å². The molecule has 1 aliphatic heterocycles. The second kappa shape index (κ2) is 5.55. The summed E-state index contributed by atoms with van der Waals surface area (Å²) in [6.07, 6.45) is 0.857. The monoisotopic (exact) mass is 335 g/mol. The van der Waals surface area contributed by atoms with Gasteiger partial charge >= 0.3 is 5.97 Å². The lowest BCUT2D eigenvalue weighted by atomic mass is 9.95. The van der Waals surface area contributed by atoms with Gasteiger partial charge in [-0.05, 0) is 37.5 Å². The van der Waals surface area contributed by atoms with Crippen molar-refractivity contribution in [1.82, 2.24) is 4.31 Å². The van der Waals surface area contributed by atoms with Crippen LogP contribution in [0.2, 0.25) is 5.02 Å². The summed E-state index contributed by atoms with van der Waals surface area (Å²) in [5, 5.41) is 9.21. The second-order valence-corrected chi connectivity index (χ2v) is 7.18. The SMILES string of the molecule is CCC1(C(=O)O)CCCN1S(=O)(=O)c1ccc(F)cc1Cl. The van der Waals surface area contributed by atoms with Gasteiger partial charge in [0.2, 0.25) is 10.0 Å². The number of aliphatic carboxylic acids is 1. The summed E-state index contributed by atoms with van der Waals surface area (Å²) in [7, 11) is -4.10. The third kappa shape index (κ3) is 2.54. The lowest BCUT2D eigenvalue weighted by Crippen LogP contribution is -2.52. The molecule has 1 unspecified atom stereocenters. The van der Waals surface area contributed by atoms with Crippen LogP contribution in [0, 0.1) is 5.82 Å². The second-order valence-electron chi connectivity index (χ2n) is 4.95. The lowest BCUT2D eigenvalue weighted by molar-refractivity contribution is -0.147. The van der Waals surface area contributed by atoms with Crippen LogP contribution in [0.15, 0.2) is 23.1 Å². The highest BCUT2D eigenvalue weighted by molar-refractivity contribution is 7.89. The van der Waals surface area contributed by atoms with Gasteiger partial charge in [0.25, 0.3) is 0 Å². The number of rotatable bonds is 4. The number of carbonyl (C=O) groups is 1. The summed E-state index contributed by atoms with van der Waals surface area (Å²) >= 11 is 5.82. The summed E-state index contributed by atoms with van der Waals surface area (Å²) in [5.74, 6) is -1.83. The third-order valence-corrected chi connectivity index (χ3v) is 6.32. The van der Waals surface area contributed by atoms with Crippen molar-refractivity contribution in [3.8, 4) is 0 Å². The maximum absolute atomic E-state index is 13.1. The molecule has 5 nitrogen and oxygen atoms in total. The molecule has 0 aromatic heterocycles. The van der Waals surface area contributed by atoms with Crippen molar-refractivity contribution in [2.45, 2.75) is 36.6 Å². The van der Waals surface area contributed by atoms with E-state index in [2.05, 4.69) is 0 Å². The van der Waals surface area contributed by atoms with Gasteiger partial charge in [-0.15, -0.1) is 0 Å². The van der Waals surface area contributed by atoms with E-state index >= 15 is 0 Å². The first-order chi connectivity index (χ1) is 9.75. The molecule has 0 spiro atoms. The zero-order valence-corrected chi connectivity index (χ0v) is 12.9. The fraction of sp³-hybridized carbons (Fsp3) is 0.462. The maximum atomic E-state index is 13.1. The number of hydrogen-bond donors (Lipinski definition) is 1. The van der Waals surface area contributed by atoms with Crippen molar-refractivity contribution < 1.29 is 22.7 Å². The van der Waals surface area contributed by atoms with Gasteiger partial charge in [-0.3, -0.25) is 4.79 Å². The molecule has 0 saturated carbocycles. The molecule has 1 heterocycles. The Kier molecular flexibility index (Phi) is 4.28. The molecule has 1 aliphatic rings. The van der Waals surface area contributed by atoms with Crippen LogP contribution in [0.3, 0.4) is 0 Å². The average Bonchev–Trinajstić information content (AvgIpc) is 2.84. The van der Waals surface area contributed by atoms with Crippen LogP contribution in [-0.4, -0.2) is 35.9 Å². The molecule has 0 bridgehead atoms. The number of carboxylic acids is 1. The van der Waals surface area contributed by atoms with Crippen LogP contribution in [0.5, 0.6) is 0 Å². The Labute approximate surface area is 127 Å². The van der Waals surface area contributed by atoms with Crippen LogP contribution in [0.1, 0.15) is 26.2 Å². The molecule has 0 radical (unpaired) electrons. The molecule has 0 aliphatic carbocycles. The first-order valence-corrected chi connectivity index (χ1v) is 8.29. The van der Waals surface area contributed by atoms with E-state index in [9.17, 15) is 22.7 Å². The van der Waals surface area contributed by atoms with E-state index in [-0.39, 0.29) is 29.3 Å². The Morgan fingerprint density at radius 2 is 2.19 bits per heavy atom. The summed E-state index contributed by atoms with van der Waals surface area (Å²) in [6, 6.07) is 2.95. The minimum Gasteiger partial charge on any atom is -0.480 e. The molecule has 1 saturated heterocycles. The van der Waals surface area contributed by atoms with Gasteiger partial charge in [-0.2, -0.15) is 4.31 Å². The Bertz CT molecular complexity index is 679. The van der Waals surface area contributed by atoms with Crippen LogP contribution in [-0.2, 0) is 14.8 Å². The number of carboxylic acid groups (broad SMARTS) is 1. The normalized spacial score (nSPS) is 23.4. The van der Waals surface area contributed by atoms with Gasteiger partial charge in [0.15, 0.2) is 0 Å². The van der Waals surface area contributed by atoms with E-state index < -0.39 is 27.3 Å². The Balaban J connectivity index is 2.55. The van der Waals surface area contributed by atoms with E-state index in [1.165, 1.54) is 0 Å². The molecule has 1 fully saturated rings. The molecule has 21 heavy (non-hydrogen) atoms. The molecule has 0 amide bonds. The zero-order valence-electron chi connectivity index (χ0n) is 11.3. The van der Waals surface area contributed by atoms with Gasteiger partial charge in [-0.25, -0.2) is 12.8 Å². The van der Waals surface area contributed by atoms with Gasteiger partial charge in [0.1, 0.15) is 16.3 Å². The van der Waals surface area contributed by atoms with Crippen LogP contribution in [0.25, 0.3) is 0 Å². The van der Waals surface area contributed by atoms with Crippen LogP contribution in [0.4, 0.5) is 4.39 Å². The van der Waals surface area contributed by atoms with E-state index in [1.54, 1.807) is 6.92 Å². The summed E-state index contributed by atoms with van der Waals surface area (Å²) in [5.41, 5.74) is -1.46. The lowest BCUT2D eigenvalue weighted by Gasteiger charge is -2.33. The predicted molar refractivity (Wildman–Crippen MR) is 75.2 cm³/mol. The fourth-order valence-corrected chi connectivity index (χ4v) is 5.10.